The van der Waals surface area contributed by atoms with Crippen LogP contribution in [0, 0.1) is 16.7 Å². The van der Waals surface area contributed by atoms with Crippen molar-refractivity contribution in [2.45, 2.75) is 94.6 Å². The van der Waals surface area contributed by atoms with Crippen molar-refractivity contribution < 1.29 is 9.90 Å². The zero-order valence-corrected chi connectivity index (χ0v) is 27.8. The third-order valence-electron chi connectivity index (χ3n) is 8.16. The van der Waals surface area contributed by atoms with Crippen LogP contribution in [-0.2, 0) is 4.79 Å². The van der Waals surface area contributed by atoms with Crippen LogP contribution < -0.4 is 0 Å². The number of carbonyl (C=O) groups excluding carboxylic acids is 1. The first-order valence-electron chi connectivity index (χ1n) is 15.3. The van der Waals surface area contributed by atoms with Crippen molar-refractivity contribution in [1.82, 2.24) is 0 Å². The summed E-state index contributed by atoms with van der Waals surface area (Å²) in [6.45, 7) is 21.4. The summed E-state index contributed by atoms with van der Waals surface area (Å²) in [5, 5.41) is 10.1. The second-order valence-corrected chi connectivity index (χ2v) is 13.6. The Labute approximate surface area is 256 Å². The van der Waals surface area contributed by atoms with Gasteiger partial charge in [0.15, 0.2) is 5.78 Å². The van der Waals surface area contributed by atoms with Crippen molar-refractivity contribution in [2.75, 3.05) is 0 Å². The lowest BCUT2D eigenvalue weighted by Gasteiger charge is -2.35. The zero-order chi connectivity index (χ0) is 31.5. The quantitative estimate of drug-likeness (QED) is 0.267. The Morgan fingerprint density at radius 2 is 1.29 bits per heavy atom. The Bertz CT molecular complexity index is 1320. The highest BCUT2D eigenvalue weighted by Crippen LogP contribution is 2.41. The third-order valence-corrected chi connectivity index (χ3v) is 8.16. The van der Waals surface area contributed by atoms with Crippen molar-refractivity contribution >= 4 is 5.78 Å². The maximum Gasteiger partial charge on any atom is 0.156 e. The van der Waals surface area contributed by atoms with Crippen LogP contribution in [0.15, 0.2) is 130 Å². The molecule has 2 aliphatic carbocycles. The smallest absolute Gasteiger partial charge is 0.156 e. The average molecular weight is 567 g/mol. The van der Waals surface area contributed by atoms with Gasteiger partial charge in [-0.25, -0.2) is 0 Å². The maximum absolute atomic E-state index is 11.9. The summed E-state index contributed by atoms with van der Waals surface area (Å²) in [7, 11) is 0. The van der Waals surface area contributed by atoms with E-state index < -0.39 is 0 Å². The Morgan fingerprint density at radius 3 is 1.81 bits per heavy atom. The number of aliphatic hydroxyl groups is 1. The first-order valence-corrected chi connectivity index (χ1v) is 15.3. The van der Waals surface area contributed by atoms with Crippen molar-refractivity contribution in [3.8, 4) is 0 Å². The number of rotatable bonds is 10. The van der Waals surface area contributed by atoms with Crippen molar-refractivity contribution in [3.05, 3.63) is 130 Å². The lowest BCUT2D eigenvalue weighted by atomic mass is 9.68. The highest BCUT2D eigenvalue weighted by molar-refractivity contribution is 5.92. The summed E-state index contributed by atoms with van der Waals surface area (Å²) in [5.41, 5.74) is 8.49. The van der Waals surface area contributed by atoms with Crippen molar-refractivity contribution in [1.29, 1.82) is 0 Å². The topological polar surface area (TPSA) is 37.3 Å². The molecule has 0 heterocycles. The highest BCUT2D eigenvalue weighted by Gasteiger charge is 2.34. The normalized spacial score (nSPS) is 24.8. The Kier molecular flexibility index (Phi) is 13.2. The molecule has 0 bridgehead atoms. The molecule has 1 N–H and O–H groups in total. The van der Waals surface area contributed by atoms with Crippen LogP contribution in [0.5, 0.6) is 0 Å². The number of hydrogen-bond donors (Lipinski definition) is 1. The molecule has 0 amide bonds. The molecular formula is C40H54O2. The molecule has 0 radical (unpaired) electrons. The van der Waals surface area contributed by atoms with Gasteiger partial charge in [-0.1, -0.05) is 146 Å². The Hall–Kier alpha value is -3.23. The molecule has 42 heavy (non-hydrogen) atoms. The number of carbonyl (C=O) groups is 1. The molecule has 226 valence electrons. The van der Waals surface area contributed by atoms with E-state index in [4.69, 9.17) is 0 Å². The SMILES string of the molecule is CC1=CC(=O)CC(C)(C)[C@H]1/C=C/C(C)=C/C=C/C(C)=C\C=C/C=C(C)/C=C/C=C(C)/C=C/C1=C(C)C[C@@H](O)CC1(C)C. The van der Waals surface area contributed by atoms with Gasteiger partial charge in [0.05, 0.1) is 6.10 Å². The summed E-state index contributed by atoms with van der Waals surface area (Å²) in [4.78, 5) is 11.9. The van der Waals surface area contributed by atoms with Crippen molar-refractivity contribution in [2.24, 2.45) is 16.7 Å². The third kappa shape index (κ3) is 11.6. The van der Waals surface area contributed by atoms with Gasteiger partial charge in [0, 0.05) is 12.3 Å². The fourth-order valence-corrected chi connectivity index (χ4v) is 5.97. The minimum Gasteiger partial charge on any atom is -0.393 e. The molecule has 2 heteroatoms. The van der Waals surface area contributed by atoms with E-state index in [1.165, 1.54) is 33.4 Å². The molecule has 2 atom stereocenters. The molecule has 0 aromatic heterocycles. The largest absolute Gasteiger partial charge is 0.393 e. The van der Waals surface area contributed by atoms with Gasteiger partial charge in [0.25, 0.3) is 0 Å². The van der Waals surface area contributed by atoms with Gasteiger partial charge in [-0.15, -0.1) is 0 Å². The summed E-state index contributed by atoms with van der Waals surface area (Å²) in [6, 6.07) is 0. The van der Waals surface area contributed by atoms with E-state index >= 15 is 0 Å². The standard InChI is InChI=1S/C40H54O2/c1-29(17-13-19-31(3)21-23-37-33(5)25-35(41)27-39(37,7)8)15-11-12-16-30(2)18-14-20-32(4)22-24-38-34(6)26-36(42)28-40(38,9)10/h11-25,36-37,42H,26-28H2,1-10H3/b12-11-,17-13+,18-14+,23-21+,24-22+,29-15-,30-16+,31-19+,32-20+/t36-,37+/m1/s1. The molecule has 0 saturated carbocycles. The van der Waals surface area contributed by atoms with Crippen LogP contribution in [0.1, 0.15) is 88.5 Å². The fraction of sp³-hybridized carbons (Fsp3) is 0.425. The van der Waals surface area contributed by atoms with E-state index in [2.05, 4.69) is 154 Å². The molecule has 0 unspecified atom stereocenters. The van der Waals surface area contributed by atoms with Gasteiger partial charge in [-0.05, 0) is 76.9 Å². The number of hydrogen-bond acceptors (Lipinski definition) is 2. The minimum atomic E-state index is -0.229. The lowest BCUT2D eigenvalue weighted by Crippen LogP contribution is -2.30. The van der Waals surface area contributed by atoms with Crippen LogP contribution in [0.4, 0.5) is 0 Å². The van der Waals surface area contributed by atoms with Crippen LogP contribution in [0.2, 0.25) is 0 Å². The highest BCUT2D eigenvalue weighted by atomic mass is 16.3. The van der Waals surface area contributed by atoms with Gasteiger partial charge >= 0.3 is 0 Å². The summed E-state index contributed by atoms with van der Waals surface area (Å²) in [6.07, 6.45) is 33.6. The minimum absolute atomic E-state index is 0.00310. The van der Waals surface area contributed by atoms with Gasteiger partial charge < -0.3 is 5.11 Å². The monoisotopic (exact) mass is 566 g/mol. The molecule has 2 aliphatic rings. The molecule has 0 aliphatic heterocycles. The molecule has 0 fully saturated rings. The molecule has 0 aromatic carbocycles. The Balaban J connectivity index is 1.90. The molecule has 2 nitrogen and oxygen atoms in total. The van der Waals surface area contributed by atoms with Crippen LogP contribution in [-0.4, -0.2) is 17.0 Å². The van der Waals surface area contributed by atoms with E-state index in [9.17, 15) is 9.90 Å². The Morgan fingerprint density at radius 1 is 0.786 bits per heavy atom. The predicted octanol–water partition coefficient (Wildman–Crippen LogP) is 10.6. The van der Waals surface area contributed by atoms with Crippen LogP contribution in [0.25, 0.3) is 0 Å². The zero-order valence-electron chi connectivity index (χ0n) is 27.8. The lowest BCUT2D eigenvalue weighted by molar-refractivity contribution is -0.117. The number of aliphatic hydroxyl groups excluding tert-OH is 1. The molecule has 0 saturated heterocycles. The van der Waals surface area contributed by atoms with E-state index in [0.717, 1.165) is 18.4 Å². The fourth-order valence-electron chi connectivity index (χ4n) is 5.97. The van der Waals surface area contributed by atoms with E-state index in [1.807, 2.05) is 0 Å². The van der Waals surface area contributed by atoms with E-state index in [0.29, 0.717) is 6.42 Å². The first kappa shape index (κ1) is 35.0. The molecule has 0 spiro atoms. The summed E-state index contributed by atoms with van der Waals surface area (Å²) < 4.78 is 0. The number of allylic oxidation sites excluding steroid dienone is 21. The van der Waals surface area contributed by atoms with Crippen LogP contribution >= 0.6 is 0 Å². The summed E-state index contributed by atoms with van der Waals surface area (Å²) in [5.74, 6) is 0.521. The number of ketones is 1. The second-order valence-electron chi connectivity index (χ2n) is 13.6. The van der Waals surface area contributed by atoms with Gasteiger partial charge in [0.1, 0.15) is 0 Å². The molecule has 0 aromatic rings. The van der Waals surface area contributed by atoms with Crippen molar-refractivity contribution in [3.63, 3.8) is 0 Å². The molecule has 2 rings (SSSR count). The predicted molar refractivity (Wildman–Crippen MR) is 183 cm³/mol. The second kappa shape index (κ2) is 15.8. The van der Waals surface area contributed by atoms with Gasteiger partial charge in [0.2, 0.25) is 0 Å². The van der Waals surface area contributed by atoms with E-state index in [1.54, 1.807) is 6.08 Å². The van der Waals surface area contributed by atoms with E-state index in [-0.39, 0.29) is 28.6 Å². The maximum atomic E-state index is 11.9. The molecular weight excluding hydrogens is 512 g/mol. The van der Waals surface area contributed by atoms with Gasteiger partial charge in [-0.3, -0.25) is 4.79 Å². The first-order chi connectivity index (χ1) is 19.6. The average Bonchev–Trinajstić information content (AvgIpc) is 2.84. The summed E-state index contributed by atoms with van der Waals surface area (Å²) >= 11 is 0. The van der Waals surface area contributed by atoms with Gasteiger partial charge in [-0.2, -0.15) is 0 Å². The van der Waals surface area contributed by atoms with Crippen LogP contribution in [0.3, 0.4) is 0 Å².